The van der Waals surface area contributed by atoms with E-state index in [1.54, 1.807) is 18.6 Å². The molecule has 2 aromatic heterocycles. The zero-order valence-corrected chi connectivity index (χ0v) is 17.1. The molecule has 2 aromatic rings. The molecule has 24 heavy (non-hydrogen) atoms. The molecule has 0 radical (unpaired) electrons. The third-order valence-electron chi connectivity index (χ3n) is 3.42. The van der Waals surface area contributed by atoms with Crippen LogP contribution in [0.3, 0.4) is 0 Å². The highest BCUT2D eigenvalue weighted by Gasteiger charge is 2.29. The fraction of sp³-hybridized carbons (Fsp3) is 0.471. The smallest absolute Gasteiger partial charge is 0.342 e. The van der Waals surface area contributed by atoms with Crippen LogP contribution in [0.4, 0.5) is 0 Å². The summed E-state index contributed by atoms with van der Waals surface area (Å²) in [4.78, 5) is 13.1. The molecule has 2 atom stereocenters. The molecule has 0 N–H and O–H groups in total. The van der Waals surface area contributed by atoms with Crippen LogP contribution in [0.5, 0.6) is 0 Å². The first-order chi connectivity index (χ1) is 11.2. The molecule has 2 unspecified atom stereocenters. The molecule has 0 amide bonds. The first-order valence-corrected chi connectivity index (χ1v) is 12.3. The van der Waals surface area contributed by atoms with Crippen LogP contribution in [0, 0.1) is 5.41 Å². The number of nitrogens with zero attached hydrogens (tertiary/aromatic N) is 3. The van der Waals surface area contributed by atoms with Crippen molar-refractivity contribution in [1.29, 1.82) is 0 Å². The Morgan fingerprint density at radius 2 is 1.79 bits per heavy atom. The van der Waals surface area contributed by atoms with Crippen molar-refractivity contribution in [1.82, 2.24) is 15.0 Å². The van der Waals surface area contributed by atoms with E-state index in [4.69, 9.17) is 9.41 Å². The molecule has 0 saturated heterocycles. The van der Waals surface area contributed by atoms with Gasteiger partial charge in [0, 0.05) is 29.1 Å². The van der Waals surface area contributed by atoms with Crippen molar-refractivity contribution in [2.24, 2.45) is 5.41 Å². The van der Waals surface area contributed by atoms with E-state index in [2.05, 4.69) is 43.8 Å². The van der Waals surface area contributed by atoms with Gasteiger partial charge >= 0.3 is 5.16 Å². The Bertz CT molecular complexity index is 672. The molecule has 0 saturated carbocycles. The molecule has 0 aliphatic rings. The lowest BCUT2D eigenvalue weighted by Crippen LogP contribution is -2.26. The predicted molar refractivity (Wildman–Crippen MR) is 99.8 cm³/mol. The molecule has 0 aromatic carbocycles. The van der Waals surface area contributed by atoms with Gasteiger partial charge in [-0.25, -0.2) is 4.98 Å². The molecule has 7 heteroatoms. The molecular weight excluding hydrogens is 338 g/mol. The van der Waals surface area contributed by atoms with Gasteiger partial charge in [-0.2, -0.15) is 9.97 Å². The minimum atomic E-state index is -1.20. The van der Waals surface area contributed by atoms with Gasteiger partial charge in [-0.3, -0.25) is 0 Å². The van der Waals surface area contributed by atoms with E-state index < -0.39 is 20.2 Å². The zero-order chi connectivity index (χ0) is 17.9. The van der Waals surface area contributed by atoms with E-state index >= 15 is 0 Å². The average Bonchev–Trinajstić information content (AvgIpc) is 2.51. The topological polar surface area (TPSA) is 71.0 Å². The highest BCUT2D eigenvalue weighted by molar-refractivity contribution is 7.90. The molecule has 2 rings (SSSR count). The highest BCUT2D eigenvalue weighted by atomic mass is 32.2. The summed E-state index contributed by atoms with van der Waals surface area (Å²) in [5.74, 6) is 0. The SMILES string of the molecule is C[SiH](C)OC(c1cccc(-c2cnc([S+](C)[O-])nc2)n1)C(C)(C)C. The van der Waals surface area contributed by atoms with Crippen LogP contribution in [0.2, 0.25) is 13.1 Å². The van der Waals surface area contributed by atoms with Gasteiger partial charge in [0.05, 0.1) is 17.5 Å². The molecule has 0 bridgehead atoms. The normalized spacial score (nSPS) is 14.7. The van der Waals surface area contributed by atoms with Crippen molar-refractivity contribution >= 4 is 20.2 Å². The molecule has 0 aliphatic carbocycles. The second-order valence-corrected chi connectivity index (χ2v) is 10.7. The summed E-state index contributed by atoms with van der Waals surface area (Å²) in [7, 11) is -1.20. The summed E-state index contributed by atoms with van der Waals surface area (Å²) >= 11 is -1.18. The predicted octanol–water partition coefficient (Wildman–Crippen LogP) is 3.36. The number of hydrogen-bond donors (Lipinski definition) is 0. The maximum absolute atomic E-state index is 11.4. The summed E-state index contributed by atoms with van der Waals surface area (Å²) in [5.41, 5.74) is 2.48. The maximum Gasteiger partial charge on any atom is 0.342 e. The lowest BCUT2D eigenvalue weighted by atomic mass is 9.87. The molecular formula is C17H25N3O2SSi. The third kappa shape index (κ3) is 4.86. The fourth-order valence-electron chi connectivity index (χ4n) is 2.34. The standard InChI is InChI=1S/C17H25N3O2SSi/c1-17(2,3)15(22-24(5)6)14-9-7-8-13(20-14)12-10-18-16(19-11-12)23(4)21/h7-11,15,24H,1-6H3. The van der Waals surface area contributed by atoms with E-state index in [-0.39, 0.29) is 11.5 Å². The molecule has 0 aliphatic heterocycles. The monoisotopic (exact) mass is 363 g/mol. The van der Waals surface area contributed by atoms with Gasteiger partial charge in [0.15, 0.2) is 9.04 Å². The van der Waals surface area contributed by atoms with Crippen LogP contribution in [-0.4, -0.2) is 34.8 Å². The van der Waals surface area contributed by atoms with Crippen molar-refractivity contribution < 1.29 is 8.98 Å². The van der Waals surface area contributed by atoms with Crippen molar-refractivity contribution in [2.45, 2.75) is 45.1 Å². The first-order valence-electron chi connectivity index (χ1n) is 7.96. The molecule has 130 valence electrons. The van der Waals surface area contributed by atoms with Crippen molar-refractivity contribution in [3.05, 3.63) is 36.3 Å². The Hall–Kier alpha value is -1.28. The Balaban J connectivity index is 2.36. The van der Waals surface area contributed by atoms with Crippen LogP contribution < -0.4 is 0 Å². The van der Waals surface area contributed by atoms with Crippen LogP contribution in [-0.2, 0) is 15.6 Å². The highest BCUT2D eigenvalue weighted by Crippen LogP contribution is 2.36. The van der Waals surface area contributed by atoms with Crippen LogP contribution in [0.15, 0.2) is 35.7 Å². The van der Waals surface area contributed by atoms with Crippen LogP contribution >= 0.6 is 0 Å². The second kappa shape index (κ2) is 7.73. The summed E-state index contributed by atoms with van der Waals surface area (Å²) in [6.07, 6.45) is 4.85. The minimum absolute atomic E-state index is 0.0393. The summed E-state index contributed by atoms with van der Waals surface area (Å²) in [6, 6.07) is 5.91. The summed E-state index contributed by atoms with van der Waals surface area (Å²) in [6.45, 7) is 10.8. The number of hydrogen-bond acceptors (Lipinski definition) is 5. The Kier molecular flexibility index (Phi) is 6.14. The van der Waals surface area contributed by atoms with Gasteiger partial charge in [0.1, 0.15) is 6.26 Å². The van der Waals surface area contributed by atoms with Gasteiger partial charge in [0.2, 0.25) is 0 Å². The van der Waals surface area contributed by atoms with Crippen LogP contribution in [0.25, 0.3) is 11.3 Å². The van der Waals surface area contributed by atoms with E-state index in [1.165, 1.54) is 0 Å². The Morgan fingerprint density at radius 1 is 1.17 bits per heavy atom. The van der Waals surface area contributed by atoms with Gasteiger partial charge in [-0.05, 0) is 30.6 Å². The van der Waals surface area contributed by atoms with E-state index in [1.807, 2.05) is 18.2 Å². The zero-order valence-electron chi connectivity index (χ0n) is 15.1. The Morgan fingerprint density at radius 3 is 2.29 bits per heavy atom. The molecule has 5 nitrogen and oxygen atoms in total. The molecule has 0 spiro atoms. The maximum atomic E-state index is 11.4. The number of pyridine rings is 1. The largest absolute Gasteiger partial charge is 0.609 e. The summed E-state index contributed by atoms with van der Waals surface area (Å²) in [5, 5.41) is 0.330. The van der Waals surface area contributed by atoms with Crippen molar-refractivity contribution in [3.8, 4) is 11.3 Å². The molecule has 2 heterocycles. The van der Waals surface area contributed by atoms with Crippen LogP contribution in [0.1, 0.15) is 32.6 Å². The Labute approximate surface area is 148 Å². The van der Waals surface area contributed by atoms with Gasteiger partial charge < -0.3 is 8.98 Å². The lowest BCUT2D eigenvalue weighted by Gasteiger charge is -2.32. The molecule has 0 fully saturated rings. The van der Waals surface area contributed by atoms with Crippen molar-refractivity contribution in [3.63, 3.8) is 0 Å². The van der Waals surface area contributed by atoms with Gasteiger partial charge in [-0.15, -0.1) is 0 Å². The lowest BCUT2D eigenvalue weighted by molar-refractivity contribution is 0.0828. The third-order valence-corrected chi connectivity index (χ3v) is 4.96. The average molecular weight is 364 g/mol. The quantitative estimate of drug-likeness (QED) is 0.463. The number of rotatable bonds is 5. The number of aromatic nitrogens is 3. The van der Waals surface area contributed by atoms with E-state index in [9.17, 15) is 4.55 Å². The minimum Gasteiger partial charge on any atom is -0.609 e. The second-order valence-electron chi connectivity index (χ2n) is 7.09. The van der Waals surface area contributed by atoms with E-state index in [0.29, 0.717) is 5.16 Å². The van der Waals surface area contributed by atoms with Gasteiger partial charge in [0.25, 0.3) is 0 Å². The van der Waals surface area contributed by atoms with Crippen molar-refractivity contribution in [2.75, 3.05) is 6.26 Å². The fourth-order valence-corrected chi connectivity index (χ4v) is 3.84. The summed E-state index contributed by atoms with van der Waals surface area (Å²) < 4.78 is 17.7. The first kappa shape index (κ1) is 19.0. The van der Waals surface area contributed by atoms with E-state index in [0.717, 1.165) is 17.0 Å². The van der Waals surface area contributed by atoms with Gasteiger partial charge in [-0.1, -0.05) is 26.8 Å².